The zero-order valence-electron chi connectivity index (χ0n) is 12.2. The third-order valence-electron chi connectivity index (χ3n) is 3.08. The Bertz CT molecular complexity index is 424. The van der Waals surface area contributed by atoms with Crippen molar-refractivity contribution >= 4 is 6.41 Å². The number of hydrogen-bond acceptors (Lipinski definition) is 3. The molecular weight excluding hydrogens is 261 g/mol. The molecule has 0 unspecified atom stereocenters. The van der Waals surface area contributed by atoms with Crippen LogP contribution >= 0.6 is 0 Å². The minimum absolute atomic E-state index is 0.0183. The Hall–Kier alpha value is -1.62. The number of benzene rings is 1. The number of carbonyl (C=O) groups excluding carboxylic acids is 1. The zero-order valence-corrected chi connectivity index (χ0v) is 12.2. The van der Waals surface area contributed by atoms with Gasteiger partial charge in [0.15, 0.2) is 11.6 Å². The first kappa shape index (κ1) is 16.4. The number of nitrogens with one attached hydrogen (secondary N) is 1. The Morgan fingerprint density at radius 3 is 2.70 bits per heavy atom. The van der Waals surface area contributed by atoms with Crippen molar-refractivity contribution in [3.05, 3.63) is 29.6 Å². The molecule has 0 heterocycles. The standard InChI is InChI=1S/C15H22FNO3/c1-11(2)14(17-10-18)8-12-4-5-13(16)15(9-12)20-7-6-19-3/h4-5,9-11,14H,6-8H2,1-3H3,(H,17,18)/t14-/m0/s1. The first-order chi connectivity index (χ1) is 9.58. The second-order valence-corrected chi connectivity index (χ2v) is 4.95. The summed E-state index contributed by atoms with van der Waals surface area (Å²) in [7, 11) is 1.56. The molecule has 5 heteroatoms. The minimum atomic E-state index is -0.394. The van der Waals surface area contributed by atoms with Gasteiger partial charge in [-0.3, -0.25) is 4.79 Å². The summed E-state index contributed by atoms with van der Waals surface area (Å²) >= 11 is 0. The molecule has 1 aromatic rings. The average molecular weight is 283 g/mol. The monoisotopic (exact) mass is 283 g/mol. The number of carbonyl (C=O) groups is 1. The van der Waals surface area contributed by atoms with Gasteiger partial charge in [0.1, 0.15) is 6.61 Å². The molecular formula is C15H22FNO3. The van der Waals surface area contributed by atoms with Crippen LogP contribution in [0.5, 0.6) is 5.75 Å². The predicted molar refractivity (Wildman–Crippen MR) is 75.3 cm³/mol. The molecule has 1 rings (SSSR count). The van der Waals surface area contributed by atoms with Crippen LogP contribution in [0.2, 0.25) is 0 Å². The van der Waals surface area contributed by atoms with Gasteiger partial charge in [-0.05, 0) is 30.0 Å². The highest BCUT2D eigenvalue weighted by Gasteiger charge is 2.14. The van der Waals surface area contributed by atoms with Gasteiger partial charge in [0.25, 0.3) is 0 Å². The third kappa shape index (κ3) is 5.17. The fourth-order valence-corrected chi connectivity index (χ4v) is 1.85. The number of amides is 1. The lowest BCUT2D eigenvalue weighted by Gasteiger charge is -2.20. The first-order valence-electron chi connectivity index (χ1n) is 6.68. The highest BCUT2D eigenvalue weighted by atomic mass is 19.1. The number of rotatable bonds is 9. The Balaban J connectivity index is 2.74. The fraction of sp³-hybridized carbons (Fsp3) is 0.533. The predicted octanol–water partition coefficient (Wildman–Crippen LogP) is 2.16. The molecule has 0 radical (unpaired) electrons. The van der Waals surface area contributed by atoms with Gasteiger partial charge in [-0.1, -0.05) is 19.9 Å². The first-order valence-corrected chi connectivity index (χ1v) is 6.68. The van der Waals surface area contributed by atoms with Crippen LogP contribution < -0.4 is 10.1 Å². The molecule has 0 bridgehead atoms. The highest BCUT2D eigenvalue weighted by Crippen LogP contribution is 2.21. The topological polar surface area (TPSA) is 47.6 Å². The summed E-state index contributed by atoms with van der Waals surface area (Å²) in [5, 5.41) is 2.78. The molecule has 0 aromatic heterocycles. The van der Waals surface area contributed by atoms with E-state index in [1.165, 1.54) is 6.07 Å². The van der Waals surface area contributed by atoms with Crippen LogP contribution in [0.4, 0.5) is 4.39 Å². The van der Waals surface area contributed by atoms with E-state index in [1.807, 2.05) is 13.8 Å². The van der Waals surface area contributed by atoms with E-state index in [0.717, 1.165) is 5.56 Å². The molecule has 4 nitrogen and oxygen atoms in total. The summed E-state index contributed by atoms with van der Waals surface area (Å²) in [5.74, 6) is 0.116. The largest absolute Gasteiger partial charge is 0.488 e. The summed E-state index contributed by atoms with van der Waals surface area (Å²) in [6.07, 6.45) is 1.33. The van der Waals surface area contributed by atoms with E-state index >= 15 is 0 Å². The minimum Gasteiger partial charge on any atom is -0.488 e. The molecule has 0 fully saturated rings. The van der Waals surface area contributed by atoms with E-state index in [2.05, 4.69) is 5.32 Å². The number of halogens is 1. The van der Waals surface area contributed by atoms with Crippen LogP contribution in [0.25, 0.3) is 0 Å². The van der Waals surface area contributed by atoms with Crippen LogP contribution in [0.15, 0.2) is 18.2 Å². The maximum Gasteiger partial charge on any atom is 0.207 e. The summed E-state index contributed by atoms with van der Waals surface area (Å²) in [4.78, 5) is 10.6. The lowest BCUT2D eigenvalue weighted by atomic mass is 9.96. The van der Waals surface area contributed by atoms with Crippen LogP contribution in [0.1, 0.15) is 19.4 Å². The second kappa shape index (κ2) is 8.53. The third-order valence-corrected chi connectivity index (χ3v) is 3.08. The Labute approximate surface area is 119 Å². The summed E-state index contributed by atoms with van der Waals surface area (Å²) in [5.41, 5.74) is 0.923. The molecule has 1 amide bonds. The Morgan fingerprint density at radius 2 is 2.10 bits per heavy atom. The van der Waals surface area contributed by atoms with E-state index in [4.69, 9.17) is 9.47 Å². The van der Waals surface area contributed by atoms with E-state index < -0.39 is 5.82 Å². The van der Waals surface area contributed by atoms with E-state index in [1.54, 1.807) is 19.2 Å². The molecule has 0 aliphatic rings. The molecule has 0 spiro atoms. The maximum atomic E-state index is 13.6. The van der Waals surface area contributed by atoms with Gasteiger partial charge < -0.3 is 14.8 Å². The van der Waals surface area contributed by atoms with Crippen LogP contribution in [0, 0.1) is 11.7 Å². The Kier molecular flexibility index (Phi) is 7.01. The van der Waals surface area contributed by atoms with E-state index in [0.29, 0.717) is 32.0 Å². The lowest BCUT2D eigenvalue weighted by molar-refractivity contribution is -0.110. The fourth-order valence-electron chi connectivity index (χ4n) is 1.85. The van der Waals surface area contributed by atoms with Gasteiger partial charge in [0.2, 0.25) is 6.41 Å². The van der Waals surface area contributed by atoms with Gasteiger partial charge >= 0.3 is 0 Å². The van der Waals surface area contributed by atoms with E-state index in [-0.39, 0.29) is 11.8 Å². The molecule has 0 aliphatic carbocycles. The quantitative estimate of drug-likeness (QED) is 0.558. The molecule has 112 valence electrons. The second-order valence-electron chi connectivity index (χ2n) is 4.95. The average Bonchev–Trinajstić information content (AvgIpc) is 2.41. The molecule has 1 atom stereocenters. The van der Waals surface area contributed by atoms with Crippen LogP contribution in [0.3, 0.4) is 0 Å². The number of ether oxygens (including phenoxy) is 2. The maximum absolute atomic E-state index is 13.6. The molecule has 0 saturated heterocycles. The SMILES string of the molecule is COCCOc1cc(C[C@H](NC=O)C(C)C)ccc1F. The van der Waals surface area contributed by atoms with Gasteiger partial charge in [-0.2, -0.15) is 0 Å². The van der Waals surface area contributed by atoms with Crippen LogP contribution in [-0.2, 0) is 16.0 Å². The molecule has 0 aliphatic heterocycles. The molecule has 20 heavy (non-hydrogen) atoms. The molecule has 1 aromatic carbocycles. The van der Waals surface area contributed by atoms with Crippen molar-refractivity contribution in [3.63, 3.8) is 0 Å². The lowest BCUT2D eigenvalue weighted by Crippen LogP contribution is -2.34. The van der Waals surface area contributed by atoms with Crippen molar-refractivity contribution in [1.29, 1.82) is 0 Å². The summed E-state index contributed by atoms with van der Waals surface area (Å²) < 4.78 is 23.8. The molecule has 0 saturated carbocycles. The van der Waals surface area contributed by atoms with Crippen molar-refractivity contribution < 1.29 is 18.7 Å². The number of methoxy groups -OCH3 is 1. The van der Waals surface area contributed by atoms with Crippen molar-refractivity contribution in [2.45, 2.75) is 26.3 Å². The van der Waals surface area contributed by atoms with Crippen LogP contribution in [-0.4, -0.2) is 32.8 Å². The van der Waals surface area contributed by atoms with Gasteiger partial charge in [-0.25, -0.2) is 4.39 Å². The van der Waals surface area contributed by atoms with Crippen molar-refractivity contribution in [2.75, 3.05) is 20.3 Å². The smallest absolute Gasteiger partial charge is 0.207 e. The highest BCUT2D eigenvalue weighted by molar-refractivity contribution is 5.47. The summed E-state index contributed by atoms with van der Waals surface area (Å²) in [6, 6.07) is 4.79. The van der Waals surface area contributed by atoms with E-state index in [9.17, 15) is 9.18 Å². The molecule has 1 N–H and O–H groups in total. The zero-order chi connectivity index (χ0) is 15.0. The van der Waals surface area contributed by atoms with Crippen molar-refractivity contribution in [3.8, 4) is 5.75 Å². The normalized spacial score (nSPS) is 12.2. The summed E-state index contributed by atoms with van der Waals surface area (Å²) in [6.45, 7) is 4.77. The van der Waals surface area contributed by atoms with Gasteiger partial charge in [-0.15, -0.1) is 0 Å². The number of hydrogen-bond donors (Lipinski definition) is 1. The van der Waals surface area contributed by atoms with Crippen molar-refractivity contribution in [1.82, 2.24) is 5.32 Å². The van der Waals surface area contributed by atoms with Gasteiger partial charge in [0, 0.05) is 13.2 Å². The van der Waals surface area contributed by atoms with Gasteiger partial charge in [0.05, 0.1) is 6.61 Å². The van der Waals surface area contributed by atoms with Crippen molar-refractivity contribution in [2.24, 2.45) is 5.92 Å². The Morgan fingerprint density at radius 1 is 1.35 bits per heavy atom.